The van der Waals surface area contributed by atoms with Gasteiger partial charge in [0.25, 0.3) is 11.8 Å². The van der Waals surface area contributed by atoms with Gasteiger partial charge in [-0.05, 0) is 32.9 Å². The molecule has 0 atom stereocenters. The zero-order chi connectivity index (χ0) is 17.7. The van der Waals surface area contributed by atoms with Gasteiger partial charge in [-0.25, -0.2) is 4.79 Å². The minimum atomic E-state index is -0.511. The molecule has 0 unspecified atom stereocenters. The van der Waals surface area contributed by atoms with Crippen LogP contribution in [0.1, 0.15) is 41.5 Å². The second-order valence-electron chi connectivity index (χ2n) is 6.35. The van der Waals surface area contributed by atoms with Crippen LogP contribution in [-0.2, 0) is 4.74 Å². The van der Waals surface area contributed by atoms with Crippen LogP contribution in [0.3, 0.4) is 0 Å². The van der Waals surface area contributed by atoms with Crippen LogP contribution in [0, 0.1) is 0 Å². The summed E-state index contributed by atoms with van der Waals surface area (Å²) in [5.41, 5.74) is 0.432. The summed E-state index contributed by atoms with van der Waals surface area (Å²) in [6, 6.07) is 6.86. The van der Waals surface area contributed by atoms with Crippen LogP contribution in [0.4, 0.5) is 4.79 Å². The van der Waals surface area contributed by atoms with E-state index in [9.17, 15) is 14.4 Å². The highest BCUT2D eigenvalue weighted by Gasteiger charge is 2.34. The van der Waals surface area contributed by atoms with Gasteiger partial charge in [0.15, 0.2) is 0 Å². The summed E-state index contributed by atoms with van der Waals surface area (Å²) in [5.74, 6) is 0.843. The molecule has 24 heavy (non-hydrogen) atoms. The number of fused-ring (bicyclic) bond motifs is 1. The monoisotopic (exact) mass is 350 g/mol. The Kier molecular flexibility index (Phi) is 5.88. The molecule has 0 saturated carbocycles. The average molecular weight is 350 g/mol. The fraction of sp³-hybridized carbons (Fsp3) is 0.471. The minimum absolute atomic E-state index is 0.233. The van der Waals surface area contributed by atoms with Crippen LogP contribution < -0.4 is 5.32 Å². The Morgan fingerprint density at radius 1 is 1.12 bits per heavy atom. The summed E-state index contributed by atoms with van der Waals surface area (Å²) in [6.07, 6.45) is -0.441. The van der Waals surface area contributed by atoms with E-state index >= 15 is 0 Å². The number of rotatable bonds is 6. The van der Waals surface area contributed by atoms with Crippen LogP contribution in [0.15, 0.2) is 24.3 Å². The predicted octanol–water partition coefficient (Wildman–Crippen LogP) is 2.54. The lowest BCUT2D eigenvalue weighted by Gasteiger charge is -2.19. The minimum Gasteiger partial charge on any atom is -0.444 e. The van der Waals surface area contributed by atoms with Crippen molar-refractivity contribution in [2.24, 2.45) is 0 Å². The van der Waals surface area contributed by atoms with Gasteiger partial charge >= 0.3 is 6.09 Å². The van der Waals surface area contributed by atoms with E-state index in [1.807, 2.05) is 20.8 Å². The molecule has 1 heterocycles. The lowest BCUT2D eigenvalue weighted by Crippen LogP contribution is -2.34. The summed E-state index contributed by atoms with van der Waals surface area (Å²) in [4.78, 5) is 37.1. The van der Waals surface area contributed by atoms with E-state index in [4.69, 9.17) is 4.74 Å². The Balaban J connectivity index is 1.66. The first-order valence-corrected chi connectivity index (χ1v) is 8.95. The molecule has 1 aromatic rings. The molecule has 2 rings (SSSR count). The van der Waals surface area contributed by atoms with Gasteiger partial charge in [0.05, 0.1) is 11.1 Å². The molecule has 6 nitrogen and oxygen atoms in total. The standard InChI is InChI=1S/C17H22N2O4S/c1-17(2,3)23-16(22)18-8-10-24-11-9-19-14(20)12-6-4-5-7-13(12)15(19)21/h4-7H,8-11H2,1-3H3,(H,18,22). The van der Waals surface area contributed by atoms with Gasteiger partial charge in [-0.2, -0.15) is 11.8 Å². The molecule has 0 radical (unpaired) electrons. The van der Waals surface area contributed by atoms with Gasteiger partial charge < -0.3 is 10.1 Å². The molecule has 1 aromatic carbocycles. The number of benzene rings is 1. The maximum atomic E-state index is 12.2. The van der Waals surface area contributed by atoms with E-state index in [0.717, 1.165) is 0 Å². The number of hydrogen-bond acceptors (Lipinski definition) is 5. The Morgan fingerprint density at radius 2 is 1.71 bits per heavy atom. The van der Waals surface area contributed by atoms with Crippen molar-refractivity contribution in [2.45, 2.75) is 26.4 Å². The summed E-state index contributed by atoms with van der Waals surface area (Å²) >= 11 is 1.57. The number of imide groups is 1. The smallest absolute Gasteiger partial charge is 0.407 e. The maximum Gasteiger partial charge on any atom is 0.407 e. The van der Waals surface area contributed by atoms with E-state index in [0.29, 0.717) is 35.7 Å². The fourth-order valence-corrected chi connectivity index (χ4v) is 3.00. The van der Waals surface area contributed by atoms with Gasteiger partial charge in [-0.15, -0.1) is 0 Å². The molecule has 0 fully saturated rings. The molecule has 130 valence electrons. The molecular weight excluding hydrogens is 328 g/mol. The molecule has 0 aromatic heterocycles. The molecule has 1 aliphatic heterocycles. The van der Waals surface area contributed by atoms with Gasteiger partial charge in [-0.1, -0.05) is 12.1 Å². The second-order valence-corrected chi connectivity index (χ2v) is 7.57. The number of amides is 3. The van der Waals surface area contributed by atoms with Crippen molar-refractivity contribution in [1.29, 1.82) is 0 Å². The number of nitrogens with one attached hydrogen (secondary N) is 1. The largest absolute Gasteiger partial charge is 0.444 e. The second kappa shape index (κ2) is 7.70. The van der Waals surface area contributed by atoms with E-state index in [-0.39, 0.29) is 11.8 Å². The number of ether oxygens (including phenoxy) is 1. The molecule has 0 saturated heterocycles. The molecule has 1 N–H and O–H groups in total. The van der Waals surface area contributed by atoms with Crippen molar-refractivity contribution in [3.8, 4) is 0 Å². The topological polar surface area (TPSA) is 75.7 Å². The third kappa shape index (κ3) is 4.74. The van der Waals surface area contributed by atoms with Gasteiger partial charge in [0.1, 0.15) is 5.60 Å². The van der Waals surface area contributed by atoms with Crippen LogP contribution in [0.25, 0.3) is 0 Å². The number of alkyl carbamates (subject to hydrolysis) is 1. The number of hydrogen-bond donors (Lipinski definition) is 1. The van der Waals surface area contributed by atoms with E-state index in [1.54, 1.807) is 36.0 Å². The van der Waals surface area contributed by atoms with E-state index in [2.05, 4.69) is 5.32 Å². The van der Waals surface area contributed by atoms with Crippen LogP contribution in [-0.4, -0.2) is 53.0 Å². The lowest BCUT2D eigenvalue weighted by molar-refractivity contribution is 0.0530. The molecule has 0 aliphatic carbocycles. The SMILES string of the molecule is CC(C)(C)OC(=O)NCCSCCN1C(=O)c2ccccc2C1=O. The van der Waals surface area contributed by atoms with Crippen LogP contribution >= 0.6 is 11.8 Å². The number of thioether (sulfide) groups is 1. The molecule has 0 bridgehead atoms. The third-order valence-corrected chi connectivity index (χ3v) is 4.22. The summed E-state index contributed by atoms with van der Waals surface area (Å²) in [6.45, 7) is 6.27. The Labute approximate surface area is 145 Å². The molecular formula is C17H22N2O4S. The van der Waals surface area contributed by atoms with Crippen molar-refractivity contribution in [3.63, 3.8) is 0 Å². The first-order valence-electron chi connectivity index (χ1n) is 7.79. The number of nitrogens with zero attached hydrogens (tertiary/aromatic N) is 1. The number of carbonyl (C=O) groups is 3. The van der Waals surface area contributed by atoms with Gasteiger partial charge in [0, 0.05) is 24.6 Å². The van der Waals surface area contributed by atoms with Crippen molar-refractivity contribution >= 4 is 29.7 Å². The Bertz CT molecular complexity index is 605. The average Bonchev–Trinajstić information content (AvgIpc) is 2.74. The van der Waals surface area contributed by atoms with Crippen molar-refractivity contribution in [2.75, 3.05) is 24.6 Å². The normalized spacial score (nSPS) is 13.9. The summed E-state index contributed by atoms with van der Waals surface area (Å²) < 4.78 is 5.13. The van der Waals surface area contributed by atoms with Crippen molar-refractivity contribution < 1.29 is 19.1 Å². The molecule has 7 heteroatoms. The van der Waals surface area contributed by atoms with Crippen LogP contribution in [0.5, 0.6) is 0 Å². The summed E-state index contributed by atoms with van der Waals surface area (Å²) in [7, 11) is 0. The van der Waals surface area contributed by atoms with Crippen LogP contribution in [0.2, 0.25) is 0 Å². The first kappa shape index (κ1) is 18.3. The highest BCUT2D eigenvalue weighted by atomic mass is 32.2. The Morgan fingerprint density at radius 3 is 2.25 bits per heavy atom. The lowest BCUT2D eigenvalue weighted by atomic mass is 10.1. The highest BCUT2D eigenvalue weighted by Crippen LogP contribution is 2.22. The van der Waals surface area contributed by atoms with Gasteiger partial charge in [-0.3, -0.25) is 14.5 Å². The van der Waals surface area contributed by atoms with Crippen molar-refractivity contribution in [1.82, 2.24) is 10.2 Å². The molecule has 1 aliphatic rings. The quantitative estimate of drug-likeness (QED) is 0.630. The first-order chi connectivity index (χ1) is 11.3. The third-order valence-electron chi connectivity index (χ3n) is 3.25. The van der Waals surface area contributed by atoms with E-state index in [1.165, 1.54) is 4.90 Å². The predicted molar refractivity (Wildman–Crippen MR) is 93.4 cm³/mol. The maximum absolute atomic E-state index is 12.2. The van der Waals surface area contributed by atoms with Gasteiger partial charge in [0.2, 0.25) is 0 Å². The Hall–Kier alpha value is -2.02. The molecule has 0 spiro atoms. The zero-order valence-corrected chi connectivity index (χ0v) is 14.9. The summed E-state index contributed by atoms with van der Waals surface area (Å²) in [5, 5.41) is 2.67. The molecule has 3 amide bonds. The highest BCUT2D eigenvalue weighted by molar-refractivity contribution is 7.99. The zero-order valence-electron chi connectivity index (χ0n) is 14.1. The fourth-order valence-electron chi connectivity index (χ4n) is 2.24. The number of carbonyl (C=O) groups excluding carboxylic acids is 3. The van der Waals surface area contributed by atoms with E-state index < -0.39 is 11.7 Å². The van der Waals surface area contributed by atoms with Crippen molar-refractivity contribution in [3.05, 3.63) is 35.4 Å².